The molecule has 6 heteroatoms. The Kier molecular flexibility index (Phi) is 9.62. The van der Waals surface area contributed by atoms with Crippen LogP contribution in [0.4, 0.5) is 0 Å². The molecule has 5 nitrogen and oxygen atoms in total. The summed E-state index contributed by atoms with van der Waals surface area (Å²) in [7, 11) is 0. The average Bonchev–Trinajstić information content (AvgIpc) is 2.45. The van der Waals surface area contributed by atoms with Gasteiger partial charge in [0, 0.05) is 45.1 Å². The highest BCUT2D eigenvalue weighted by atomic mass is 35.5. The molecule has 0 radical (unpaired) electrons. The number of hydrogen-bond acceptors (Lipinski definition) is 3. The molecule has 21 heavy (non-hydrogen) atoms. The summed E-state index contributed by atoms with van der Waals surface area (Å²) in [5.41, 5.74) is 5.77. The molecular weight excluding hydrogens is 290 g/mol. The van der Waals surface area contributed by atoms with Gasteiger partial charge in [0.1, 0.15) is 0 Å². The Bertz CT molecular complexity index is 335. The molecule has 1 rings (SSSR count). The summed E-state index contributed by atoms with van der Waals surface area (Å²) in [6, 6.07) is 0.148. The van der Waals surface area contributed by atoms with Crippen LogP contribution in [-0.4, -0.2) is 53.8 Å². The van der Waals surface area contributed by atoms with Gasteiger partial charge >= 0.3 is 0 Å². The van der Waals surface area contributed by atoms with Gasteiger partial charge in [0.15, 0.2) is 0 Å². The smallest absolute Gasteiger partial charge is 0.223 e. The Morgan fingerprint density at radius 2 is 1.86 bits per heavy atom. The van der Waals surface area contributed by atoms with Crippen molar-refractivity contribution in [2.75, 3.05) is 26.2 Å². The van der Waals surface area contributed by atoms with Crippen LogP contribution in [0.5, 0.6) is 0 Å². The van der Waals surface area contributed by atoms with Crippen LogP contribution in [-0.2, 0) is 9.59 Å². The van der Waals surface area contributed by atoms with E-state index in [4.69, 9.17) is 5.73 Å². The number of nitrogens with zero attached hydrogens (tertiary/aromatic N) is 2. The molecular formula is C15H30ClN3O2. The maximum atomic E-state index is 12.3. The van der Waals surface area contributed by atoms with Gasteiger partial charge in [-0.15, -0.1) is 12.4 Å². The minimum atomic E-state index is 0. The predicted molar refractivity (Wildman–Crippen MR) is 87.4 cm³/mol. The van der Waals surface area contributed by atoms with E-state index in [-0.39, 0.29) is 30.3 Å². The van der Waals surface area contributed by atoms with Crippen molar-refractivity contribution in [1.29, 1.82) is 0 Å². The summed E-state index contributed by atoms with van der Waals surface area (Å²) in [6.45, 7) is 8.82. The molecule has 124 valence electrons. The topological polar surface area (TPSA) is 66.6 Å². The Hall–Kier alpha value is -0.810. The van der Waals surface area contributed by atoms with E-state index in [2.05, 4.69) is 6.92 Å². The quantitative estimate of drug-likeness (QED) is 0.809. The Morgan fingerprint density at radius 1 is 1.24 bits per heavy atom. The van der Waals surface area contributed by atoms with Crippen LogP contribution in [0.3, 0.4) is 0 Å². The van der Waals surface area contributed by atoms with Crippen molar-refractivity contribution >= 4 is 24.2 Å². The second-order valence-electron chi connectivity index (χ2n) is 5.67. The van der Waals surface area contributed by atoms with E-state index < -0.39 is 0 Å². The van der Waals surface area contributed by atoms with Gasteiger partial charge in [0.05, 0.1) is 0 Å². The van der Waals surface area contributed by atoms with Crippen LogP contribution in [0.25, 0.3) is 0 Å². The summed E-state index contributed by atoms with van der Waals surface area (Å²) in [4.78, 5) is 27.9. The standard InChI is InChI=1S/C15H29N3O2.ClH/c1-4-17(5-2)14(19)6-7-15(20)18-9-8-12(3)10-13(18)11-16;/h12-13H,4-11,16H2,1-3H3;1H. The van der Waals surface area contributed by atoms with E-state index >= 15 is 0 Å². The molecule has 0 saturated carbocycles. The van der Waals surface area contributed by atoms with Crippen molar-refractivity contribution in [3.05, 3.63) is 0 Å². The molecule has 1 aliphatic rings. The molecule has 0 aromatic carbocycles. The summed E-state index contributed by atoms with van der Waals surface area (Å²) >= 11 is 0. The van der Waals surface area contributed by atoms with Crippen LogP contribution < -0.4 is 5.73 Å². The number of carbonyl (C=O) groups excluding carboxylic acids is 2. The number of nitrogens with two attached hydrogens (primary N) is 1. The number of amides is 2. The summed E-state index contributed by atoms with van der Waals surface area (Å²) in [5.74, 6) is 0.774. The van der Waals surface area contributed by atoms with Crippen molar-refractivity contribution in [3.63, 3.8) is 0 Å². The van der Waals surface area contributed by atoms with Crippen molar-refractivity contribution in [3.8, 4) is 0 Å². The van der Waals surface area contributed by atoms with Crippen LogP contribution in [0.1, 0.15) is 46.5 Å². The van der Waals surface area contributed by atoms with Gasteiger partial charge in [0.25, 0.3) is 0 Å². The first-order chi connectivity index (χ1) is 9.53. The van der Waals surface area contributed by atoms with Crippen LogP contribution in [0.15, 0.2) is 0 Å². The molecule has 2 amide bonds. The van der Waals surface area contributed by atoms with Gasteiger partial charge in [0.2, 0.25) is 11.8 Å². The molecule has 0 aromatic heterocycles. The number of hydrogen-bond donors (Lipinski definition) is 1. The van der Waals surface area contributed by atoms with Crippen molar-refractivity contribution < 1.29 is 9.59 Å². The first-order valence-electron chi connectivity index (χ1n) is 7.80. The lowest BCUT2D eigenvalue weighted by molar-refractivity contribution is -0.139. The van der Waals surface area contributed by atoms with Crippen LogP contribution in [0.2, 0.25) is 0 Å². The minimum Gasteiger partial charge on any atom is -0.343 e. The first kappa shape index (κ1) is 20.2. The molecule has 1 fully saturated rings. The number of carbonyl (C=O) groups is 2. The zero-order valence-electron chi connectivity index (χ0n) is 13.5. The molecule has 2 unspecified atom stereocenters. The Labute approximate surface area is 134 Å². The largest absolute Gasteiger partial charge is 0.343 e. The molecule has 2 N–H and O–H groups in total. The lowest BCUT2D eigenvalue weighted by atomic mass is 9.92. The minimum absolute atomic E-state index is 0. The van der Waals surface area contributed by atoms with E-state index in [1.54, 1.807) is 4.90 Å². The zero-order valence-corrected chi connectivity index (χ0v) is 14.3. The summed E-state index contributed by atoms with van der Waals surface area (Å²) < 4.78 is 0. The SMILES string of the molecule is CCN(CC)C(=O)CCC(=O)N1CCC(C)CC1CN.Cl. The molecule has 0 bridgehead atoms. The lowest BCUT2D eigenvalue weighted by Gasteiger charge is -2.38. The van der Waals surface area contributed by atoms with E-state index in [0.29, 0.717) is 38.4 Å². The van der Waals surface area contributed by atoms with Gasteiger partial charge in [-0.1, -0.05) is 6.92 Å². The molecule has 0 spiro atoms. The van der Waals surface area contributed by atoms with Crippen molar-refractivity contribution in [1.82, 2.24) is 9.80 Å². The molecule has 1 heterocycles. The normalized spacial score (nSPS) is 21.6. The summed E-state index contributed by atoms with van der Waals surface area (Å²) in [6.07, 6.45) is 2.63. The highest BCUT2D eigenvalue weighted by Gasteiger charge is 2.29. The highest BCUT2D eigenvalue weighted by Crippen LogP contribution is 2.22. The fourth-order valence-corrected chi connectivity index (χ4v) is 2.90. The second-order valence-corrected chi connectivity index (χ2v) is 5.67. The average molecular weight is 320 g/mol. The predicted octanol–water partition coefficient (Wildman–Crippen LogP) is 1.64. The number of rotatable bonds is 6. The van der Waals surface area contributed by atoms with Gasteiger partial charge in [-0.05, 0) is 32.6 Å². The summed E-state index contributed by atoms with van der Waals surface area (Å²) in [5, 5.41) is 0. The number of halogens is 1. The van der Waals surface area contributed by atoms with E-state index in [9.17, 15) is 9.59 Å². The Morgan fingerprint density at radius 3 is 2.38 bits per heavy atom. The fraction of sp³-hybridized carbons (Fsp3) is 0.867. The van der Waals surface area contributed by atoms with Gasteiger partial charge in [-0.2, -0.15) is 0 Å². The van der Waals surface area contributed by atoms with E-state index in [1.165, 1.54) is 0 Å². The van der Waals surface area contributed by atoms with E-state index in [1.807, 2.05) is 18.7 Å². The maximum absolute atomic E-state index is 12.3. The van der Waals surface area contributed by atoms with Crippen molar-refractivity contribution in [2.45, 2.75) is 52.5 Å². The first-order valence-corrected chi connectivity index (χ1v) is 7.80. The zero-order chi connectivity index (χ0) is 15.1. The molecule has 1 saturated heterocycles. The fourth-order valence-electron chi connectivity index (χ4n) is 2.90. The van der Waals surface area contributed by atoms with Gasteiger partial charge < -0.3 is 15.5 Å². The Balaban J connectivity index is 0.00000400. The lowest BCUT2D eigenvalue weighted by Crippen LogP contribution is -2.49. The van der Waals surface area contributed by atoms with Crippen LogP contribution in [0, 0.1) is 5.92 Å². The molecule has 0 aromatic rings. The van der Waals surface area contributed by atoms with Crippen molar-refractivity contribution in [2.24, 2.45) is 11.7 Å². The highest BCUT2D eigenvalue weighted by molar-refractivity contribution is 5.85. The molecule has 2 atom stereocenters. The van der Waals surface area contributed by atoms with Crippen LogP contribution >= 0.6 is 12.4 Å². The third-order valence-electron chi connectivity index (χ3n) is 4.24. The second kappa shape index (κ2) is 10.0. The third kappa shape index (κ3) is 5.83. The molecule has 1 aliphatic heterocycles. The van der Waals surface area contributed by atoms with Gasteiger partial charge in [-0.3, -0.25) is 9.59 Å². The molecule has 0 aliphatic carbocycles. The maximum Gasteiger partial charge on any atom is 0.223 e. The number of likely N-dealkylation sites (tertiary alicyclic amines) is 1. The monoisotopic (exact) mass is 319 g/mol. The van der Waals surface area contributed by atoms with E-state index in [0.717, 1.165) is 19.4 Å². The number of piperidine rings is 1. The third-order valence-corrected chi connectivity index (χ3v) is 4.24. The van der Waals surface area contributed by atoms with Gasteiger partial charge in [-0.25, -0.2) is 0 Å².